The highest BCUT2D eigenvalue weighted by molar-refractivity contribution is 6.15. The summed E-state index contributed by atoms with van der Waals surface area (Å²) in [5.74, 6) is 1.67. The molecule has 2 aromatic carbocycles. The molecule has 0 bridgehead atoms. The van der Waals surface area contributed by atoms with Crippen LogP contribution in [-0.2, 0) is 9.59 Å². The van der Waals surface area contributed by atoms with Crippen molar-refractivity contribution in [2.45, 2.75) is 18.4 Å². The van der Waals surface area contributed by atoms with Crippen molar-refractivity contribution in [1.82, 2.24) is 10.2 Å². The first kappa shape index (κ1) is 19.0. The van der Waals surface area contributed by atoms with Crippen LogP contribution in [0.4, 0.5) is 0 Å². The molecule has 2 aromatic rings. The van der Waals surface area contributed by atoms with Gasteiger partial charge in [-0.15, -0.1) is 0 Å². The topological polar surface area (TPSA) is 80.2 Å². The molecule has 0 saturated carbocycles. The number of hydrogen-bond acceptors (Lipinski definition) is 5. The second kappa shape index (κ2) is 7.95. The third-order valence-corrected chi connectivity index (χ3v) is 5.37. The van der Waals surface area contributed by atoms with Gasteiger partial charge in [0.1, 0.15) is 22.9 Å². The minimum Gasteiger partial charge on any atom is -0.497 e. The van der Waals surface area contributed by atoms with Gasteiger partial charge < -0.3 is 19.7 Å². The maximum Gasteiger partial charge on any atom is 0.260 e. The van der Waals surface area contributed by atoms with Crippen LogP contribution < -0.4 is 14.8 Å². The lowest BCUT2D eigenvalue weighted by atomic mass is 9.88. The number of rotatable bonds is 5. The number of amidine groups is 1. The number of carbonyl (C=O) groups excluding carboxylic acids is 2. The highest BCUT2D eigenvalue weighted by Crippen LogP contribution is 2.31. The van der Waals surface area contributed by atoms with Crippen molar-refractivity contribution in [1.29, 1.82) is 0 Å². The number of hydrogen-bond donors (Lipinski definition) is 1. The number of nitrogens with one attached hydrogen (secondary N) is 1. The van der Waals surface area contributed by atoms with Gasteiger partial charge in [0.15, 0.2) is 6.61 Å². The lowest BCUT2D eigenvalue weighted by molar-refractivity contribution is -0.137. The number of methoxy groups -OCH3 is 1. The predicted octanol–water partition coefficient (Wildman–Crippen LogP) is 2.01. The van der Waals surface area contributed by atoms with Gasteiger partial charge >= 0.3 is 0 Å². The van der Waals surface area contributed by atoms with Crippen LogP contribution in [0.3, 0.4) is 0 Å². The van der Waals surface area contributed by atoms with Crippen LogP contribution in [0.25, 0.3) is 0 Å². The maximum absolute atomic E-state index is 12.6. The second-order valence-corrected chi connectivity index (χ2v) is 7.16. The molecule has 1 N–H and O–H groups in total. The molecule has 0 aliphatic carbocycles. The maximum atomic E-state index is 12.6. The smallest absolute Gasteiger partial charge is 0.260 e. The second-order valence-electron chi connectivity index (χ2n) is 7.16. The van der Waals surface area contributed by atoms with Crippen molar-refractivity contribution in [3.8, 4) is 11.5 Å². The fraction of sp³-hybridized carbons (Fsp3) is 0.318. The Labute approximate surface area is 169 Å². The summed E-state index contributed by atoms with van der Waals surface area (Å²) in [7, 11) is 1.58. The van der Waals surface area contributed by atoms with Gasteiger partial charge in [0.05, 0.1) is 7.11 Å². The zero-order valence-corrected chi connectivity index (χ0v) is 16.3. The molecule has 1 spiro atoms. The first-order chi connectivity index (χ1) is 14.1. The van der Waals surface area contributed by atoms with Crippen molar-refractivity contribution < 1.29 is 19.1 Å². The van der Waals surface area contributed by atoms with Gasteiger partial charge in [0.2, 0.25) is 0 Å². The summed E-state index contributed by atoms with van der Waals surface area (Å²) in [5.41, 5.74) is 0.109. The first-order valence-corrected chi connectivity index (χ1v) is 9.61. The van der Waals surface area contributed by atoms with E-state index in [1.54, 1.807) is 24.1 Å². The lowest BCUT2D eigenvalue weighted by Gasteiger charge is -2.35. The average molecular weight is 393 g/mol. The van der Waals surface area contributed by atoms with Crippen LogP contribution in [0.5, 0.6) is 11.5 Å². The van der Waals surface area contributed by atoms with Crippen LogP contribution in [0.1, 0.15) is 18.4 Å². The molecular weight excluding hydrogens is 370 g/mol. The molecule has 29 heavy (non-hydrogen) atoms. The largest absolute Gasteiger partial charge is 0.497 e. The van der Waals surface area contributed by atoms with Crippen LogP contribution in [0.15, 0.2) is 59.6 Å². The SMILES string of the molecule is COc1cccc(OCC(=O)N2CCC3(CC2)N=C(c2ccccc2)NC3=O)c1. The Balaban J connectivity index is 1.35. The van der Waals surface area contributed by atoms with Crippen LogP contribution in [0.2, 0.25) is 0 Å². The molecular formula is C22H23N3O4. The van der Waals surface area contributed by atoms with Gasteiger partial charge in [-0.05, 0) is 25.0 Å². The molecule has 7 nitrogen and oxygen atoms in total. The third-order valence-electron chi connectivity index (χ3n) is 5.37. The summed E-state index contributed by atoms with van der Waals surface area (Å²) in [6.07, 6.45) is 1.00. The number of likely N-dealkylation sites (tertiary alicyclic amines) is 1. The van der Waals surface area contributed by atoms with E-state index in [-0.39, 0.29) is 18.4 Å². The molecule has 7 heteroatoms. The summed E-state index contributed by atoms with van der Waals surface area (Å²) in [5, 5.41) is 2.90. The summed E-state index contributed by atoms with van der Waals surface area (Å²) < 4.78 is 10.8. The third kappa shape index (κ3) is 3.94. The Hall–Kier alpha value is -3.35. The summed E-state index contributed by atoms with van der Waals surface area (Å²) in [6, 6.07) is 16.7. The molecule has 0 unspecified atom stereocenters. The quantitative estimate of drug-likeness (QED) is 0.843. The minimum atomic E-state index is -0.782. The lowest BCUT2D eigenvalue weighted by Crippen LogP contribution is -2.51. The van der Waals surface area contributed by atoms with Crippen molar-refractivity contribution in [2.75, 3.05) is 26.8 Å². The van der Waals surface area contributed by atoms with E-state index in [0.29, 0.717) is 43.3 Å². The number of ether oxygens (including phenoxy) is 2. The molecule has 2 aliphatic heterocycles. The molecule has 2 aliphatic rings. The summed E-state index contributed by atoms with van der Waals surface area (Å²) in [4.78, 5) is 31.6. The molecule has 2 heterocycles. The zero-order valence-electron chi connectivity index (χ0n) is 16.3. The number of benzene rings is 2. The average Bonchev–Trinajstić information content (AvgIpc) is 3.09. The van der Waals surface area contributed by atoms with Crippen LogP contribution >= 0.6 is 0 Å². The molecule has 0 radical (unpaired) electrons. The predicted molar refractivity (Wildman–Crippen MR) is 108 cm³/mol. The van der Waals surface area contributed by atoms with Crippen molar-refractivity contribution in [3.63, 3.8) is 0 Å². The number of amides is 2. The van der Waals surface area contributed by atoms with Crippen molar-refractivity contribution >= 4 is 17.6 Å². The highest BCUT2D eigenvalue weighted by Gasteiger charge is 2.46. The molecule has 1 saturated heterocycles. The molecule has 1 fully saturated rings. The van der Waals surface area contributed by atoms with Gasteiger partial charge in [0, 0.05) is 24.7 Å². The molecule has 2 amide bonds. The van der Waals surface area contributed by atoms with E-state index in [9.17, 15) is 9.59 Å². The van der Waals surface area contributed by atoms with E-state index < -0.39 is 5.54 Å². The van der Waals surface area contributed by atoms with E-state index in [1.165, 1.54) is 0 Å². The fourth-order valence-corrected chi connectivity index (χ4v) is 3.64. The number of aliphatic imine (C=N–C) groups is 1. The van der Waals surface area contributed by atoms with Gasteiger partial charge in [-0.3, -0.25) is 14.6 Å². The highest BCUT2D eigenvalue weighted by atomic mass is 16.5. The van der Waals surface area contributed by atoms with E-state index in [0.717, 1.165) is 5.56 Å². The van der Waals surface area contributed by atoms with E-state index in [1.807, 2.05) is 42.5 Å². The van der Waals surface area contributed by atoms with E-state index >= 15 is 0 Å². The molecule has 0 atom stereocenters. The Morgan fingerprint density at radius 2 is 1.83 bits per heavy atom. The van der Waals surface area contributed by atoms with Crippen LogP contribution in [0, 0.1) is 0 Å². The fourth-order valence-electron chi connectivity index (χ4n) is 3.64. The zero-order chi connectivity index (χ0) is 20.3. The van der Waals surface area contributed by atoms with Gasteiger partial charge in [-0.1, -0.05) is 36.4 Å². The monoisotopic (exact) mass is 393 g/mol. The Morgan fingerprint density at radius 3 is 2.55 bits per heavy atom. The number of nitrogens with zero attached hydrogens (tertiary/aromatic N) is 2. The summed E-state index contributed by atoms with van der Waals surface area (Å²) in [6.45, 7) is 0.892. The van der Waals surface area contributed by atoms with Gasteiger partial charge in [-0.2, -0.15) is 0 Å². The van der Waals surface area contributed by atoms with Crippen molar-refractivity contribution in [2.24, 2.45) is 4.99 Å². The minimum absolute atomic E-state index is 0.0507. The Morgan fingerprint density at radius 1 is 1.10 bits per heavy atom. The standard InChI is InChI=1S/C22H23N3O4/c1-28-17-8-5-9-18(14-17)29-15-19(26)25-12-10-22(11-13-25)21(27)23-20(24-22)16-6-3-2-4-7-16/h2-9,14H,10-13,15H2,1H3,(H,23,24,27). The van der Waals surface area contributed by atoms with E-state index in [4.69, 9.17) is 14.5 Å². The number of carbonyl (C=O) groups is 2. The molecule has 0 aromatic heterocycles. The van der Waals surface area contributed by atoms with Gasteiger partial charge in [-0.25, -0.2) is 0 Å². The van der Waals surface area contributed by atoms with Crippen molar-refractivity contribution in [3.05, 3.63) is 60.2 Å². The normalized spacial score (nSPS) is 17.6. The van der Waals surface area contributed by atoms with Gasteiger partial charge in [0.25, 0.3) is 11.8 Å². The Kier molecular flexibility index (Phi) is 5.20. The number of piperidine rings is 1. The first-order valence-electron chi connectivity index (χ1n) is 9.61. The van der Waals surface area contributed by atoms with E-state index in [2.05, 4.69) is 5.32 Å². The molecule has 150 valence electrons. The summed E-state index contributed by atoms with van der Waals surface area (Å²) >= 11 is 0. The Bertz CT molecular complexity index is 934. The molecule has 4 rings (SSSR count). The van der Waals surface area contributed by atoms with Crippen LogP contribution in [-0.4, -0.2) is 54.9 Å².